The van der Waals surface area contributed by atoms with Crippen LogP contribution in [0.2, 0.25) is 0 Å². The lowest BCUT2D eigenvalue weighted by Gasteiger charge is -2.13. The lowest BCUT2D eigenvalue weighted by Crippen LogP contribution is -2.16. The molecule has 0 atom stereocenters. The van der Waals surface area contributed by atoms with Gasteiger partial charge >= 0.3 is 0 Å². The standard InChI is InChI=1S/C20H21N3O4S2/c1-3-29(25,26)23-17-10-9-15(11-18(17)27-2)21-19(24)12-16-13-28-20(22-16)14-7-5-4-6-8-14/h4-11,13,23H,3,12H2,1-2H3,(H,21,24). The highest BCUT2D eigenvalue weighted by atomic mass is 32.2. The van der Waals surface area contributed by atoms with Gasteiger partial charge in [-0.3, -0.25) is 9.52 Å². The molecule has 0 saturated carbocycles. The van der Waals surface area contributed by atoms with Gasteiger partial charge in [-0.1, -0.05) is 30.3 Å². The number of methoxy groups -OCH3 is 1. The van der Waals surface area contributed by atoms with E-state index in [-0.39, 0.29) is 18.1 Å². The third-order valence-corrected chi connectivity index (χ3v) is 6.28. The molecule has 0 aliphatic rings. The molecule has 0 aliphatic carbocycles. The molecule has 1 heterocycles. The Kier molecular flexibility index (Phi) is 6.50. The Labute approximate surface area is 173 Å². The summed E-state index contributed by atoms with van der Waals surface area (Å²) < 4.78 is 31.2. The van der Waals surface area contributed by atoms with E-state index >= 15 is 0 Å². The minimum absolute atomic E-state index is 0.0484. The van der Waals surface area contributed by atoms with Crippen molar-refractivity contribution in [3.63, 3.8) is 0 Å². The molecule has 0 unspecified atom stereocenters. The molecule has 1 aromatic heterocycles. The molecule has 0 bridgehead atoms. The molecule has 1 amide bonds. The minimum atomic E-state index is -3.43. The first kappa shape index (κ1) is 20.8. The molecule has 3 aromatic rings. The van der Waals surface area contributed by atoms with E-state index in [0.29, 0.717) is 22.8 Å². The Hall–Kier alpha value is -2.91. The molecule has 152 valence electrons. The van der Waals surface area contributed by atoms with Crippen LogP contribution in [0.5, 0.6) is 5.75 Å². The van der Waals surface area contributed by atoms with Crippen molar-refractivity contribution in [2.75, 3.05) is 22.9 Å². The zero-order valence-electron chi connectivity index (χ0n) is 16.0. The predicted octanol–water partition coefficient (Wildman–Crippen LogP) is 3.76. The van der Waals surface area contributed by atoms with Gasteiger partial charge in [0.25, 0.3) is 0 Å². The molecular formula is C20H21N3O4S2. The van der Waals surface area contributed by atoms with Gasteiger partial charge in [-0.05, 0) is 19.1 Å². The van der Waals surface area contributed by atoms with Crippen LogP contribution >= 0.6 is 11.3 Å². The van der Waals surface area contributed by atoms with Crippen molar-refractivity contribution in [3.8, 4) is 16.3 Å². The van der Waals surface area contributed by atoms with E-state index in [4.69, 9.17) is 4.74 Å². The maximum atomic E-state index is 12.4. The van der Waals surface area contributed by atoms with E-state index in [2.05, 4.69) is 15.0 Å². The maximum absolute atomic E-state index is 12.4. The monoisotopic (exact) mass is 431 g/mol. The second-order valence-corrected chi connectivity index (χ2v) is 9.02. The number of benzene rings is 2. The number of thiazole rings is 1. The second kappa shape index (κ2) is 9.06. The highest BCUT2D eigenvalue weighted by Gasteiger charge is 2.14. The van der Waals surface area contributed by atoms with Crippen molar-refractivity contribution < 1.29 is 17.9 Å². The maximum Gasteiger partial charge on any atom is 0.232 e. The number of hydrogen-bond donors (Lipinski definition) is 2. The van der Waals surface area contributed by atoms with Gasteiger partial charge in [-0.2, -0.15) is 0 Å². The van der Waals surface area contributed by atoms with Crippen molar-refractivity contribution in [3.05, 3.63) is 59.6 Å². The predicted molar refractivity (Wildman–Crippen MR) is 116 cm³/mol. The van der Waals surface area contributed by atoms with Gasteiger partial charge in [-0.15, -0.1) is 11.3 Å². The van der Waals surface area contributed by atoms with Gasteiger partial charge in [0.15, 0.2) is 0 Å². The van der Waals surface area contributed by atoms with Crippen LogP contribution in [0.15, 0.2) is 53.9 Å². The van der Waals surface area contributed by atoms with Crippen molar-refractivity contribution in [2.24, 2.45) is 0 Å². The number of hydrogen-bond acceptors (Lipinski definition) is 6. The van der Waals surface area contributed by atoms with Gasteiger partial charge in [0.2, 0.25) is 15.9 Å². The average Bonchev–Trinajstić information content (AvgIpc) is 3.18. The number of nitrogens with one attached hydrogen (secondary N) is 2. The van der Waals surface area contributed by atoms with Crippen molar-refractivity contribution >= 4 is 38.6 Å². The smallest absolute Gasteiger partial charge is 0.232 e. The zero-order valence-corrected chi connectivity index (χ0v) is 17.6. The van der Waals surface area contributed by atoms with Crippen LogP contribution in [0.3, 0.4) is 0 Å². The summed E-state index contributed by atoms with van der Waals surface area (Å²) in [7, 11) is -1.99. The minimum Gasteiger partial charge on any atom is -0.494 e. The number of anilines is 2. The molecule has 29 heavy (non-hydrogen) atoms. The lowest BCUT2D eigenvalue weighted by atomic mass is 10.2. The molecule has 7 nitrogen and oxygen atoms in total. The molecular weight excluding hydrogens is 410 g/mol. The van der Waals surface area contributed by atoms with Gasteiger partial charge in [0.1, 0.15) is 10.8 Å². The summed E-state index contributed by atoms with van der Waals surface area (Å²) in [5.74, 6) is 0.0477. The summed E-state index contributed by atoms with van der Waals surface area (Å²) in [6, 6.07) is 14.5. The van der Waals surface area contributed by atoms with Crippen molar-refractivity contribution in [1.82, 2.24) is 4.98 Å². The van der Waals surface area contributed by atoms with E-state index in [1.165, 1.54) is 18.4 Å². The molecule has 0 aliphatic heterocycles. The first-order chi connectivity index (χ1) is 13.9. The Morgan fingerprint density at radius 2 is 1.93 bits per heavy atom. The van der Waals surface area contributed by atoms with Crippen LogP contribution in [0, 0.1) is 0 Å². The lowest BCUT2D eigenvalue weighted by molar-refractivity contribution is -0.115. The number of carbonyl (C=O) groups excluding carboxylic acids is 1. The number of ether oxygens (including phenoxy) is 1. The summed E-state index contributed by atoms with van der Waals surface area (Å²) in [6.45, 7) is 1.55. The molecule has 0 saturated heterocycles. The van der Waals surface area contributed by atoms with Gasteiger partial charge < -0.3 is 10.1 Å². The Balaban J connectivity index is 1.67. The molecule has 2 aromatic carbocycles. The molecule has 0 radical (unpaired) electrons. The average molecular weight is 432 g/mol. The second-order valence-electron chi connectivity index (χ2n) is 6.16. The third-order valence-electron chi connectivity index (χ3n) is 4.04. The summed E-state index contributed by atoms with van der Waals surface area (Å²) >= 11 is 1.49. The fourth-order valence-electron chi connectivity index (χ4n) is 2.56. The Morgan fingerprint density at radius 1 is 1.17 bits per heavy atom. The third kappa shape index (κ3) is 5.55. The number of aromatic nitrogens is 1. The quantitative estimate of drug-likeness (QED) is 0.566. The first-order valence-electron chi connectivity index (χ1n) is 8.88. The summed E-state index contributed by atoms with van der Waals surface area (Å²) in [6.07, 6.45) is 0.135. The molecule has 0 fully saturated rings. The summed E-state index contributed by atoms with van der Waals surface area (Å²) in [5.41, 5.74) is 2.52. The van der Waals surface area contributed by atoms with Gasteiger partial charge in [0, 0.05) is 22.7 Å². The van der Waals surface area contributed by atoms with Crippen molar-refractivity contribution in [2.45, 2.75) is 13.3 Å². The normalized spacial score (nSPS) is 11.1. The topological polar surface area (TPSA) is 97.4 Å². The summed E-state index contributed by atoms with van der Waals surface area (Å²) in [4.78, 5) is 16.9. The largest absolute Gasteiger partial charge is 0.494 e. The van der Waals surface area contributed by atoms with E-state index in [1.807, 2.05) is 35.7 Å². The summed E-state index contributed by atoms with van der Waals surface area (Å²) in [5, 5.41) is 5.52. The molecule has 0 spiro atoms. The van der Waals surface area contributed by atoms with Gasteiger partial charge in [0.05, 0.1) is 30.7 Å². The van der Waals surface area contributed by atoms with Crippen LogP contribution in [-0.2, 0) is 21.2 Å². The van der Waals surface area contributed by atoms with Crippen molar-refractivity contribution in [1.29, 1.82) is 0 Å². The van der Waals surface area contributed by atoms with Crippen LogP contribution < -0.4 is 14.8 Å². The number of rotatable bonds is 8. The zero-order chi connectivity index (χ0) is 20.9. The Morgan fingerprint density at radius 3 is 2.62 bits per heavy atom. The number of nitrogens with zero attached hydrogens (tertiary/aromatic N) is 1. The fraction of sp³-hybridized carbons (Fsp3) is 0.200. The number of sulfonamides is 1. The van der Waals surface area contributed by atoms with Crippen LogP contribution in [0.4, 0.5) is 11.4 Å². The van der Waals surface area contributed by atoms with Gasteiger partial charge in [-0.25, -0.2) is 13.4 Å². The van der Waals surface area contributed by atoms with Crippen LogP contribution in [0.1, 0.15) is 12.6 Å². The highest BCUT2D eigenvalue weighted by Crippen LogP contribution is 2.29. The Bertz CT molecular complexity index is 1100. The highest BCUT2D eigenvalue weighted by molar-refractivity contribution is 7.92. The fourth-order valence-corrected chi connectivity index (χ4v) is 4.04. The van der Waals surface area contributed by atoms with E-state index in [9.17, 15) is 13.2 Å². The van der Waals surface area contributed by atoms with E-state index in [1.54, 1.807) is 25.1 Å². The van der Waals surface area contributed by atoms with E-state index < -0.39 is 10.0 Å². The van der Waals surface area contributed by atoms with Crippen LogP contribution in [0.25, 0.3) is 10.6 Å². The number of amides is 1. The molecule has 9 heteroatoms. The molecule has 3 rings (SSSR count). The van der Waals surface area contributed by atoms with Crippen LogP contribution in [-0.4, -0.2) is 32.2 Å². The number of carbonyl (C=O) groups is 1. The SMILES string of the molecule is CCS(=O)(=O)Nc1ccc(NC(=O)Cc2csc(-c3ccccc3)n2)cc1OC. The molecule has 2 N–H and O–H groups in total. The van der Waals surface area contributed by atoms with E-state index in [0.717, 1.165) is 10.6 Å². The first-order valence-corrected chi connectivity index (χ1v) is 11.4.